The molecule has 7 heteroatoms. The van der Waals surface area contributed by atoms with Crippen LogP contribution in [0.4, 0.5) is 4.79 Å². The summed E-state index contributed by atoms with van der Waals surface area (Å²) in [6.45, 7) is 12.6. The van der Waals surface area contributed by atoms with Crippen molar-refractivity contribution in [2.24, 2.45) is 7.05 Å². The molecule has 0 radical (unpaired) electrons. The van der Waals surface area contributed by atoms with Crippen LogP contribution in [-0.4, -0.2) is 50.6 Å². The molecule has 0 bridgehead atoms. The Labute approximate surface area is 144 Å². The predicted octanol–water partition coefficient (Wildman–Crippen LogP) is 2.27. The number of hydrogen-bond acceptors (Lipinski definition) is 5. The Morgan fingerprint density at radius 2 is 2.12 bits per heavy atom. The summed E-state index contributed by atoms with van der Waals surface area (Å²) in [7, 11) is 1.96. The number of nitrogens with one attached hydrogen (secondary N) is 1. The zero-order valence-electron chi connectivity index (χ0n) is 15.8. The minimum Gasteiger partial charge on any atom is -0.444 e. The first-order chi connectivity index (χ1) is 11.0. The van der Waals surface area contributed by atoms with Crippen LogP contribution in [0.3, 0.4) is 0 Å². The van der Waals surface area contributed by atoms with Crippen LogP contribution in [0.5, 0.6) is 0 Å². The van der Waals surface area contributed by atoms with E-state index in [0.29, 0.717) is 13.1 Å². The summed E-state index contributed by atoms with van der Waals surface area (Å²) in [6, 6.07) is -0.102. The highest BCUT2D eigenvalue weighted by molar-refractivity contribution is 5.70. The van der Waals surface area contributed by atoms with Crippen LogP contribution in [-0.2, 0) is 23.1 Å². The van der Waals surface area contributed by atoms with E-state index in [4.69, 9.17) is 9.47 Å². The summed E-state index contributed by atoms with van der Waals surface area (Å²) in [4.78, 5) is 18.7. The molecule has 2 unspecified atom stereocenters. The maximum absolute atomic E-state index is 12.7. The molecule has 1 aliphatic rings. The average Bonchev–Trinajstić information content (AvgIpc) is 2.89. The van der Waals surface area contributed by atoms with Gasteiger partial charge in [0.1, 0.15) is 17.2 Å². The van der Waals surface area contributed by atoms with Crippen molar-refractivity contribution in [2.45, 2.75) is 71.6 Å². The predicted molar refractivity (Wildman–Crippen MR) is 91.4 cm³/mol. The van der Waals surface area contributed by atoms with Crippen LogP contribution in [0.15, 0.2) is 12.4 Å². The minimum absolute atomic E-state index is 0.0820. The molecular weight excluding hydrogens is 308 g/mol. The Hall–Kier alpha value is -1.60. The molecule has 2 rings (SSSR count). The zero-order chi connectivity index (χ0) is 18.1. The molecule has 1 saturated heterocycles. The van der Waals surface area contributed by atoms with Crippen LogP contribution >= 0.6 is 0 Å². The fourth-order valence-corrected chi connectivity index (χ4v) is 3.02. The number of carbonyl (C=O) groups is 1. The SMILES string of the molecule is CC1OC(C)(C)N(C(=O)OC(C)(C)C)C1CNCc1nccn1C. The van der Waals surface area contributed by atoms with Gasteiger partial charge >= 0.3 is 6.09 Å². The number of hydrogen-bond donors (Lipinski definition) is 1. The van der Waals surface area contributed by atoms with E-state index < -0.39 is 11.3 Å². The Kier molecular flexibility index (Phi) is 5.25. The standard InChI is InChI=1S/C17H30N4O3/c1-12-13(10-18-11-14-19-8-9-20(14)7)21(17(5,6)23-12)15(22)24-16(2,3)4/h8-9,12-13,18H,10-11H2,1-7H3. The van der Waals surface area contributed by atoms with E-state index in [-0.39, 0.29) is 18.2 Å². The van der Waals surface area contributed by atoms with E-state index in [2.05, 4.69) is 10.3 Å². The fraction of sp³-hybridized carbons (Fsp3) is 0.765. The van der Waals surface area contributed by atoms with Gasteiger partial charge in [-0.1, -0.05) is 0 Å². The highest BCUT2D eigenvalue weighted by atomic mass is 16.6. The summed E-state index contributed by atoms with van der Waals surface area (Å²) < 4.78 is 13.5. The lowest BCUT2D eigenvalue weighted by atomic mass is 10.1. The molecule has 1 N–H and O–H groups in total. The number of aryl methyl sites for hydroxylation is 1. The normalized spacial score (nSPS) is 23.5. The van der Waals surface area contributed by atoms with Crippen LogP contribution in [0.1, 0.15) is 47.4 Å². The molecule has 7 nitrogen and oxygen atoms in total. The molecule has 0 aliphatic carbocycles. The number of aromatic nitrogens is 2. The van der Waals surface area contributed by atoms with Crippen molar-refractivity contribution in [2.75, 3.05) is 6.54 Å². The number of carbonyl (C=O) groups excluding carboxylic acids is 1. The van der Waals surface area contributed by atoms with Crippen molar-refractivity contribution in [3.05, 3.63) is 18.2 Å². The molecule has 1 amide bonds. The van der Waals surface area contributed by atoms with Crippen LogP contribution in [0, 0.1) is 0 Å². The summed E-state index contributed by atoms with van der Waals surface area (Å²) in [5.41, 5.74) is -1.23. The second kappa shape index (κ2) is 6.72. The molecule has 136 valence electrons. The van der Waals surface area contributed by atoms with Crippen molar-refractivity contribution in [3.8, 4) is 0 Å². The minimum atomic E-state index is -0.697. The summed E-state index contributed by atoms with van der Waals surface area (Å²) >= 11 is 0. The highest BCUT2D eigenvalue weighted by Gasteiger charge is 2.49. The number of rotatable bonds is 4. The van der Waals surface area contributed by atoms with Crippen molar-refractivity contribution in [1.29, 1.82) is 0 Å². The van der Waals surface area contributed by atoms with Gasteiger partial charge < -0.3 is 19.4 Å². The first kappa shape index (κ1) is 18.7. The monoisotopic (exact) mass is 338 g/mol. The fourth-order valence-electron chi connectivity index (χ4n) is 3.02. The van der Waals surface area contributed by atoms with Gasteiger partial charge in [-0.3, -0.25) is 4.90 Å². The third kappa shape index (κ3) is 4.27. The maximum atomic E-state index is 12.7. The number of ether oxygens (including phenoxy) is 2. The lowest BCUT2D eigenvalue weighted by Gasteiger charge is -2.35. The van der Waals surface area contributed by atoms with Crippen LogP contribution in [0.25, 0.3) is 0 Å². The van der Waals surface area contributed by atoms with E-state index >= 15 is 0 Å². The molecule has 0 saturated carbocycles. The molecule has 1 aromatic heterocycles. The lowest BCUT2D eigenvalue weighted by Crippen LogP contribution is -2.53. The van der Waals surface area contributed by atoms with Crippen molar-refractivity contribution < 1.29 is 14.3 Å². The van der Waals surface area contributed by atoms with Gasteiger partial charge in [-0.2, -0.15) is 0 Å². The average molecular weight is 338 g/mol. The topological polar surface area (TPSA) is 68.6 Å². The van der Waals surface area contributed by atoms with Crippen molar-refractivity contribution in [1.82, 2.24) is 19.8 Å². The summed E-state index contributed by atoms with van der Waals surface area (Å²) in [5, 5.41) is 3.37. The molecule has 0 aromatic carbocycles. The van der Waals surface area contributed by atoms with Gasteiger partial charge in [-0.25, -0.2) is 9.78 Å². The Morgan fingerprint density at radius 1 is 1.46 bits per heavy atom. The molecule has 1 aliphatic heterocycles. The second-order valence-corrected chi connectivity index (χ2v) is 7.77. The highest BCUT2D eigenvalue weighted by Crippen LogP contribution is 2.33. The van der Waals surface area contributed by atoms with Crippen molar-refractivity contribution >= 4 is 6.09 Å². The molecule has 24 heavy (non-hydrogen) atoms. The third-order valence-electron chi connectivity index (χ3n) is 4.08. The van der Waals surface area contributed by atoms with Crippen LogP contribution < -0.4 is 5.32 Å². The van der Waals surface area contributed by atoms with Gasteiger partial charge in [-0.05, 0) is 41.5 Å². The Morgan fingerprint density at radius 3 is 2.67 bits per heavy atom. The summed E-state index contributed by atoms with van der Waals surface area (Å²) in [5.74, 6) is 0.949. The third-order valence-corrected chi connectivity index (χ3v) is 4.08. The van der Waals surface area contributed by atoms with Gasteiger partial charge in [0.05, 0.1) is 18.7 Å². The maximum Gasteiger partial charge on any atom is 0.412 e. The van der Waals surface area contributed by atoms with Gasteiger partial charge in [0.15, 0.2) is 0 Å². The van der Waals surface area contributed by atoms with Gasteiger partial charge in [0.2, 0.25) is 0 Å². The molecule has 1 aromatic rings. The number of amides is 1. The smallest absolute Gasteiger partial charge is 0.412 e. The van der Waals surface area contributed by atoms with Gasteiger partial charge in [-0.15, -0.1) is 0 Å². The first-order valence-corrected chi connectivity index (χ1v) is 8.38. The van der Waals surface area contributed by atoms with Crippen molar-refractivity contribution in [3.63, 3.8) is 0 Å². The number of nitrogens with zero attached hydrogens (tertiary/aromatic N) is 3. The van der Waals surface area contributed by atoms with Gasteiger partial charge in [0.25, 0.3) is 0 Å². The largest absolute Gasteiger partial charge is 0.444 e. The van der Waals surface area contributed by atoms with E-state index in [0.717, 1.165) is 5.82 Å². The first-order valence-electron chi connectivity index (χ1n) is 8.38. The van der Waals surface area contributed by atoms with E-state index in [1.165, 1.54) is 0 Å². The lowest BCUT2D eigenvalue weighted by molar-refractivity contribution is -0.0756. The van der Waals surface area contributed by atoms with E-state index in [9.17, 15) is 4.79 Å². The molecule has 0 spiro atoms. The van der Waals surface area contributed by atoms with Crippen LogP contribution in [0.2, 0.25) is 0 Å². The molecule has 1 fully saturated rings. The Balaban J connectivity index is 2.04. The summed E-state index contributed by atoms with van der Waals surface area (Å²) in [6.07, 6.45) is 3.25. The van der Waals surface area contributed by atoms with E-state index in [1.807, 2.05) is 59.4 Å². The van der Waals surface area contributed by atoms with E-state index in [1.54, 1.807) is 11.1 Å². The zero-order valence-corrected chi connectivity index (χ0v) is 15.8. The molecule has 2 atom stereocenters. The van der Waals surface area contributed by atoms with Gasteiger partial charge in [0, 0.05) is 26.0 Å². The number of imidazole rings is 1. The second-order valence-electron chi connectivity index (χ2n) is 7.77. The molecule has 2 heterocycles. The molecular formula is C17H30N4O3. The quantitative estimate of drug-likeness (QED) is 0.912. The Bertz CT molecular complexity index is 577.